The molecule has 7 nitrogen and oxygen atoms in total. The Bertz CT molecular complexity index is 929. The third kappa shape index (κ3) is 5.32. The van der Waals surface area contributed by atoms with Crippen molar-refractivity contribution in [3.8, 4) is 5.75 Å². The second-order valence-corrected chi connectivity index (χ2v) is 7.83. The van der Waals surface area contributed by atoms with E-state index < -0.39 is 0 Å². The smallest absolute Gasteiger partial charge is 0.192 e. The van der Waals surface area contributed by atoms with E-state index in [1.165, 1.54) is 9.75 Å². The number of nitrogens with zero attached hydrogens (tertiary/aromatic N) is 4. The van der Waals surface area contributed by atoms with Crippen LogP contribution in [0.3, 0.4) is 0 Å². The molecule has 8 heteroatoms. The lowest BCUT2D eigenvalue weighted by Crippen LogP contribution is -2.37. The highest BCUT2D eigenvalue weighted by atomic mass is 32.1. The summed E-state index contributed by atoms with van der Waals surface area (Å²) in [5.41, 5.74) is 1.11. The molecule has 0 saturated carbocycles. The van der Waals surface area contributed by atoms with Crippen LogP contribution in [-0.4, -0.2) is 27.8 Å². The van der Waals surface area contributed by atoms with Gasteiger partial charge >= 0.3 is 0 Å². The number of aliphatic imine (C=N–C) groups is 1. The van der Waals surface area contributed by atoms with Crippen molar-refractivity contribution in [2.75, 3.05) is 7.11 Å². The highest BCUT2D eigenvalue weighted by Crippen LogP contribution is 2.14. The molecule has 2 aromatic heterocycles. The van der Waals surface area contributed by atoms with Crippen molar-refractivity contribution in [3.63, 3.8) is 0 Å². The Morgan fingerprint density at radius 1 is 1.07 bits per heavy atom. The van der Waals surface area contributed by atoms with E-state index >= 15 is 0 Å². The van der Waals surface area contributed by atoms with Crippen molar-refractivity contribution < 1.29 is 4.74 Å². The Kier molecular flexibility index (Phi) is 6.65. The summed E-state index contributed by atoms with van der Waals surface area (Å²) in [6.45, 7) is 5.90. The second kappa shape index (κ2) is 9.36. The molecular weight excluding hydrogens is 372 g/mol. The summed E-state index contributed by atoms with van der Waals surface area (Å²) in [6, 6.07) is 12.2. The summed E-state index contributed by atoms with van der Waals surface area (Å²) >= 11 is 1.78. The predicted molar refractivity (Wildman–Crippen MR) is 113 cm³/mol. The van der Waals surface area contributed by atoms with Gasteiger partial charge in [-0.05, 0) is 43.7 Å². The number of ether oxygens (including phenoxy) is 1. The summed E-state index contributed by atoms with van der Waals surface area (Å²) in [4.78, 5) is 7.29. The molecule has 28 heavy (non-hydrogen) atoms. The lowest BCUT2D eigenvalue weighted by atomic mass is 10.2. The molecule has 0 saturated heterocycles. The number of benzene rings is 1. The van der Waals surface area contributed by atoms with Crippen molar-refractivity contribution in [2.45, 2.75) is 33.5 Å². The molecule has 3 aromatic rings. The van der Waals surface area contributed by atoms with Crippen LogP contribution in [0.5, 0.6) is 5.75 Å². The Morgan fingerprint density at radius 3 is 2.43 bits per heavy atom. The highest BCUT2D eigenvalue weighted by Gasteiger charge is 2.07. The van der Waals surface area contributed by atoms with E-state index in [9.17, 15) is 0 Å². The summed E-state index contributed by atoms with van der Waals surface area (Å²) < 4.78 is 7.18. The highest BCUT2D eigenvalue weighted by molar-refractivity contribution is 7.11. The van der Waals surface area contributed by atoms with Crippen LogP contribution in [0, 0.1) is 13.8 Å². The van der Waals surface area contributed by atoms with E-state index in [0.717, 1.165) is 35.5 Å². The SMILES string of the molecule is COc1ccc(CN=C(NCc2ccc(C)s2)NCc2nnc(C)n2C)cc1. The van der Waals surface area contributed by atoms with Gasteiger partial charge in [-0.1, -0.05) is 12.1 Å². The lowest BCUT2D eigenvalue weighted by molar-refractivity contribution is 0.414. The minimum absolute atomic E-state index is 0.551. The summed E-state index contributed by atoms with van der Waals surface area (Å²) in [6.07, 6.45) is 0. The summed E-state index contributed by atoms with van der Waals surface area (Å²) in [7, 11) is 3.63. The van der Waals surface area contributed by atoms with Gasteiger partial charge in [0.2, 0.25) is 0 Å². The molecule has 0 aliphatic carbocycles. The molecule has 0 fully saturated rings. The van der Waals surface area contributed by atoms with E-state index in [0.29, 0.717) is 13.1 Å². The topological polar surface area (TPSA) is 76.4 Å². The van der Waals surface area contributed by atoms with Crippen molar-refractivity contribution >= 4 is 17.3 Å². The van der Waals surface area contributed by atoms with Crippen LogP contribution in [0.1, 0.15) is 27.0 Å². The van der Waals surface area contributed by atoms with Gasteiger partial charge in [0.15, 0.2) is 11.8 Å². The van der Waals surface area contributed by atoms with Crippen molar-refractivity contribution in [2.24, 2.45) is 12.0 Å². The summed E-state index contributed by atoms with van der Waals surface area (Å²) in [5.74, 6) is 3.33. The van der Waals surface area contributed by atoms with Gasteiger partial charge in [0, 0.05) is 16.8 Å². The van der Waals surface area contributed by atoms with Crippen molar-refractivity contribution in [1.82, 2.24) is 25.4 Å². The number of nitrogens with one attached hydrogen (secondary N) is 2. The molecule has 0 radical (unpaired) electrons. The number of aryl methyl sites for hydroxylation is 2. The maximum atomic E-state index is 5.21. The molecule has 0 unspecified atom stereocenters. The molecule has 1 aromatic carbocycles. The first-order valence-electron chi connectivity index (χ1n) is 9.10. The Hall–Kier alpha value is -2.87. The van der Waals surface area contributed by atoms with Gasteiger partial charge in [0.05, 0.1) is 26.7 Å². The fourth-order valence-electron chi connectivity index (χ4n) is 2.59. The predicted octanol–water partition coefficient (Wildman–Crippen LogP) is 2.94. The number of thiophene rings is 1. The molecular formula is C20H26N6OS. The van der Waals surface area contributed by atoms with E-state index in [2.05, 4.69) is 39.9 Å². The normalized spacial score (nSPS) is 11.5. The Morgan fingerprint density at radius 2 is 1.82 bits per heavy atom. The minimum atomic E-state index is 0.551. The Balaban J connectivity index is 1.67. The fourth-order valence-corrected chi connectivity index (χ4v) is 3.42. The van der Waals surface area contributed by atoms with Gasteiger partial charge in [-0.3, -0.25) is 0 Å². The molecule has 3 rings (SSSR count). The maximum Gasteiger partial charge on any atom is 0.192 e. The maximum absolute atomic E-state index is 5.21. The number of aromatic nitrogens is 3. The van der Waals surface area contributed by atoms with Crippen LogP contribution < -0.4 is 15.4 Å². The van der Waals surface area contributed by atoms with Gasteiger partial charge in [0.1, 0.15) is 11.6 Å². The molecule has 148 valence electrons. The largest absolute Gasteiger partial charge is 0.497 e. The molecule has 2 N–H and O–H groups in total. The van der Waals surface area contributed by atoms with Crippen LogP contribution in [-0.2, 0) is 26.7 Å². The molecule has 0 amide bonds. The van der Waals surface area contributed by atoms with Gasteiger partial charge in [-0.2, -0.15) is 0 Å². The van der Waals surface area contributed by atoms with E-state index in [1.54, 1.807) is 18.4 Å². The Labute approximate surface area is 169 Å². The molecule has 0 atom stereocenters. The van der Waals surface area contributed by atoms with Gasteiger partial charge in [-0.15, -0.1) is 21.5 Å². The van der Waals surface area contributed by atoms with Crippen LogP contribution >= 0.6 is 11.3 Å². The zero-order chi connectivity index (χ0) is 19.9. The number of guanidine groups is 1. The second-order valence-electron chi connectivity index (χ2n) is 6.45. The molecule has 0 bridgehead atoms. The van der Waals surface area contributed by atoms with E-state index in [4.69, 9.17) is 9.73 Å². The van der Waals surface area contributed by atoms with Crippen molar-refractivity contribution in [3.05, 3.63) is 63.4 Å². The number of methoxy groups -OCH3 is 1. The van der Waals surface area contributed by atoms with Gasteiger partial charge < -0.3 is 19.9 Å². The lowest BCUT2D eigenvalue weighted by Gasteiger charge is -2.12. The number of rotatable bonds is 7. The third-order valence-electron chi connectivity index (χ3n) is 4.40. The van der Waals surface area contributed by atoms with Gasteiger partial charge in [-0.25, -0.2) is 4.99 Å². The number of hydrogen-bond acceptors (Lipinski definition) is 5. The quantitative estimate of drug-likeness (QED) is 0.473. The standard InChI is InChI=1S/C20H26N6OS/c1-14-5-10-18(28-14)12-22-20(23-13-19-25-24-15(2)26(19)3)21-11-16-6-8-17(27-4)9-7-16/h5-10H,11-13H2,1-4H3,(H2,21,22,23). The third-order valence-corrected chi connectivity index (χ3v) is 5.40. The van der Waals surface area contributed by atoms with Crippen molar-refractivity contribution in [1.29, 1.82) is 0 Å². The number of hydrogen-bond donors (Lipinski definition) is 2. The van der Waals surface area contributed by atoms with E-state index in [-0.39, 0.29) is 0 Å². The zero-order valence-corrected chi connectivity index (χ0v) is 17.5. The molecule has 0 aliphatic heterocycles. The molecule has 0 spiro atoms. The van der Waals surface area contributed by atoms with Crippen LogP contribution in [0.25, 0.3) is 0 Å². The first kappa shape index (κ1) is 19.9. The van der Waals surface area contributed by atoms with E-state index in [1.807, 2.05) is 42.8 Å². The first-order valence-corrected chi connectivity index (χ1v) is 9.92. The average Bonchev–Trinajstić information content (AvgIpc) is 3.27. The fraction of sp³-hybridized carbons (Fsp3) is 0.350. The minimum Gasteiger partial charge on any atom is -0.497 e. The first-order chi connectivity index (χ1) is 13.5. The average molecular weight is 399 g/mol. The van der Waals surface area contributed by atoms with Crippen LogP contribution in [0.15, 0.2) is 41.4 Å². The summed E-state index contributed by atoms with van der Waals surface area (Å²) in [5, 5.41) is 15.1. The monoisotopic (exact) mass is 398 g/mol. The van der Waals surface area contributed by atoms with Crippen LogP contribution in [0.4, 0.5) is 0 Å². The molecule has 0 aliphatic rings. The zero-order valence-electron chi connectivity index (χ0n) is 16.7. The van der Waals surface area contributed by atoms with Gasteiger partial charge in [0.25, 0.3) is 0 Å². The molecule has 2 heterocycles. The van der Waals surface area contributed by atoms with Crippen LogP contribution in [0.2, 0.25) is 0 Å².